The molecule has 0 aromatic carbocycles. The van der Waals surface area contributed by atoms with Crippen molar-refractivity contribution in [3.05, 3.63) is 23.8 Å². The van der Waals surface area contributed by atoms with E-state index in [2.05, 4.69) is 4.74 Å². The van der Waals surface area contributed by atoms with Crippen LogP contribution in [-0.2, 0) is 19.1 Å². The van der Waals surface area contributed by atoms with Gasteiger partial charge in [0.1, 0.15) is 0 Å². The van der Waals surface area contributed by atoms with Crippen molar-refractivity contribution in [2.45, 2.75) is 13.3 Å². The van der Waals surface area contributed by atoms with E-state index in [1.807, 2.05) is 0 Å². The minimum absolute atomic E-state index is 0.219. The standard InChI is InChI=1S/C11H12O4/c1-3-8(11(14)15-2)9-6-7(12)4-5-10(9)13/h4-6,8H,3H2,1-2H3. The number of carbonyl (C=O) groups excluding carboxylic acids is 3. The Bertz CT molecular complexity index is 363. The lowest BCUT2D eigenvalue weighted by molar-refractivity contribution is -0.144. The van der Waals surface area contributed by atoms with Gasteiger partial charge in [-0.3, -0.25) is 14.4 Å². The molecular formula is C11H12O4. The van der Waals surface area contributed by atoms with E-state index < -0.39 is 11.9 Å². The quantitative estimate of drug-likeness (QED) is 0.509. The summed E-state index contributed by atoms with van der Waals surface area (Å²) in [5, 5.41) is 0. The summed E-state index contributed by atoms with van der Waals surface area (Å²) in [6, 6.07) is 0. The molecule has 0 aromatic rings. The van der Waals surface area contributed by atoms with E-state index in [0.717, 1.165) is 0 Å². The fraction of sp³-hybridized carbons (Fsp3) is 0.364. The van der Waals surface area contributed by atoms with Gasteiger partial charge in [0.15, 0.2) is 11.6 Å². The van der Waals surface area contributed by atoms with E-state index in [0.29, 0.717) is 6.42 Å². The van der Waals surface area contributed by atoms with Crippen molar-refractivity contribution in [1.29, 1.82) is 0 Å². The maximum atomic E-state index is 11.4. The smallest absolute Gasteiger partial charge is 0.313 e. The maximum Gasteiger partial charge on any atom is 0.313 e. The number of esters is 1. The van der Waals surface area contributed by atoms with Crippen LogP contribution in [0.3, 0.4) is 0 Å². The third-order valence-electron chi connectivity index (χ3n) is 2.25. The zero-order valence-corrected chi connectivity index (χ0v) is 8.65. The number of carbonyl (C=O) groups is 3. The zero-order chi connectivity index (χ0) is 11.4. The Morgan fingerprint density at radius 3 is 2.60 bits per heavy atom. The van der Waals surface area contributed by atoms with Gasteiger partial charge in [0.05, 0.1) is 13.0 Å². The lowest BCUT2D eigenvalue weighted by atomic mass is 9.89. The van der Waals surface area contributed by atoms with Crippen LogP contribution in [0.2, 0.25) is 0 Å². The third-order valence-corrected chi connectivity index (χ3v) is 2.25. The Morgan fingerprint density at radius 2 is 2.07 bits per heavy atom. The molecule has 0 N–H and O–H groups in total. The van der Waals surface area contributed by atoms with Crippen LogP contribution in [0.1, 0.15) is 13.3 Å². The maximum absolute atomic E-state index is 11.4. The van der Waals surface area contributed by atoms with Gasteiger partial charge in [-0.05, 0) is 24.6 Å². The first-order valence-electron chi connectivity index (χ1n) is 4.66. The molecule has 0 fully saturated rings. The number of ether oxygens (including phenoxy) is 1. The molecule has 0 saturated heterocycles. The van der Waals surface area contributed by atoms with Gasteiger partial charge in [0, 0.05) is 5.57 Å². The number of rotatable bonds is 3. The Labute approximate surface area is 87.6 Å². The highest BCUT2D eigenvalue weighted by Gasteiger charge is 2.27. The zero-order valence-electron chi connectivity index (χ0n) is 8.65. The summed E-state index contributed by atoms with van der Waals surface area (Å²) >= 11 is 0. The fourth-order valence-electron chi connectivity index (χ4n) is 1.45. The second-order valence-corrected chi connectivity index (χ2v) is 3.18. The number of hydrogen-bond donors (Lipinski definition) is 0. The molecule has 0 radical (unpaired) electrons. The summed E-state index contributed by atoms with van der Waals surface area (Å²) in [6.45, 7) is 1.76. The molecule has 15 heavy (non-hydrogen) atoms. The normalized spacial score (nSPS) is 17.3. The second kappa shape index (κ2) is 4.68. The first-order valence-corrected chi connectivity index (χ1v) is 4.66. The first kappa shape index (κ1) is 11.4. The van der Waals surface area contributed by atoms with E-state index in [1.54, 1.807) is 6.92 Å². The molecule has 1 rings (SSSR count). The molecule has 1 atom stereocenters. The van der Waals surface area contributed by atoms with Crippen molar-refractivity contribution in [2.24, 2.45) is 5.92 Å². The van der Waals surface area contributed by atoms with Crippen LogP contribution in [0.15, 0.2) is 23.8 Å². The predicted octanol–water partition coefficient (Wildman–Crippen LogP) is 0.820. The monoisotopic (exact) mass is 208 g/mol. The molecule has 1 aliphatic rings. The molecule has 1 unspecified atom stereocenters. The van der Waals surface area contributed by atoms with Crippen molar-refractivity contribution >= 4 is 17.5 Å². The van der Waals surface area contributed by atoms with Gasteiger partial charge in [-0.25, -0.2) is 0 Å². The predicted molar refractivity (Wildman–Crippen MR) is 53.0 cm³/mol. The summed E-state index contributed by atoms with van der Waals surface area (Å²) in [6.07, 6.45) is 4.01. The molecule has 80 valence electrons. The number of allylic oxidation sites excluding steroid dienone is 3. The summed E-state index contributed by atoms with van der Waals surface area (Å²) in [5.41, 5.74) is 0.219. The Morgan fingerprint density at radius 1 is 1.40 bits per heavy atom. The molecule has 1 aliphatic carbocycles. The summed E-state index contributed by atoms with van der Waals surface area (Å²) in [5.74, 6) is -1.70. The van der Waals surface area contributed by atoms with Crippen molar-refractivity contribution in [1.82, 2.24) is 0 Å². The SMILES string of the molecule is CCC(C(=O)OC)C1=CC(=O)C=CC1=O. The van der Waals surface area contributed by atoms with Gasteiger partial charge < -0.3 is 4.74 Å². The highest BCUT2D eigenvalue weighted by molar-refractivity contribution is 6.18. The van der Waals surface area contributed by atoms with Gasteiger partial charge in [-0.1, -0.05) is 6.92 Å². The van der Waals surface area contributed by atoms with Crippen LogP contribution in [0, 0.1) is 5.92 Å². The van der Waals surface area contributed by atoms with Crippen molar-refractivity contribution in [3.8, 4) is 0 Å². The van der Waals surface area contributed by atoms with Crippen molar-refractivity contribution in [2.75, 3.05) is 7.11 Å². The molecule has 0 heterocycles. The molecule has 0 spiro atoms. The van der Waals surface area contributed by atoms with Crippen LogP contribution in [0.4, 0.5) is 0 Å². The van der Waals surface area contributed by atoms with E-state index in [-0.39, 0.29) is 17.1 Å². The van der Waals surface area contributed by atoms with Crippen LogP contribution >= 0.6 is 0 Å². The molecule has 0 bridgehead atoms. The molecule has 0 aliphatic heterocycles. The minimum atomic E-state index is -0.642. The second-order valence-electron chi connectivity index (χ2n) is 3.18. The van der Waals surface area contributed by atoms with E-state index in [1.165, 1.54) is 25.3 Å². The van der Waals surface area contributed by atoms with Crippen LogP contribution in [0.25, 0.3) is 0 Å². The summed E-state index contributed by atoms with van der Waals surface area (Å²) < 4.78 is 4.57. The van der Waals surface area contributed by atoms with E-state index in [9.17, 15) is 14.4 Å². The highest BCUT2D eigenvalue weighted by atomic mass is 16.5. The number of methoxy groups -OCH3 is 1. The summed E-state index contributed by atoms with van der Waals surface area (Å²) in [7, 11) is 1.26. The van der Waals surface area contributed by atoms with Gasteiger partial charge in [-0.15, -0.1) is 0 Å². The third kappa shape index (κ3) is 2.40. The van der Waals surface area contributed by atoms with Crippen LogP contribution in [0.5, 0.6) is 0 Å². The van der Waals surface area contributed by atoms with E-state index in [4.69, 9.17) is 0 Å². The largest absolute Gasteiger partial charge is 0.469 e. The lowest BCUT2D eigenvalue weighted by Crippen LogP contribution is -2.24. The minimum Gasteiger partial charge on any atom is -0.469 e. The Balaban J connectivity index is 2.98. The van der Waals surface area contributed by atoms with Gasteiger partial charge in [0.25, 0.3) is 0 Å². The lowest BCUT2D eigenvalue weighted by Gasteiger charge is -2.15. The van der Waals surface area contributed by atoms with Gasteiger partial charge >= 0.3 is 5.97 Å². The number of ketones is 2. The summed E-state index contributed by atoms with van der Waals surface area (Å²) in [4.78, 5) is 33.9. The Kier molecular flexibility index (Phi) is 3.55. The molecule has 0 aromatic heterocycles. The fourth-order valence-corrected chi connectivity index (χ4v) is 1.45. The van der Waals surface area contributed by atoms with Gasteiger partial charge in [-0.2, -0.15) is 0 Å². The Hall–Kier alpha value is -1.71. The number of hydrogen-bond acceptors (Lipinski definition) is 4. The molecule has 4 nitrogen and oxygen atoms in total. The molecular weight excluding hydrogens is 196 g/mol. The topological polar surface area (TPSA) is 60.4 Å². The molecule has 4 heteroatoms. The molecule has 0 amide bonds. The van der Waals surface area contributed by atoms with Crippen molar-refractivity contribution < 1.29 is 19.1 Å². The van der Waals surface area contributed by atoms with Crippen molar-refractivity contribution in [3.63, 3.8) is 0 Å². The first-order chi connectivity index (χ1) is 7.10. The van der Waals surface area contributed by atoms with Crippen LogP contribution in [-0.4, -0.2) is 24.6 Å². The average molecular weight is 208 g/mol. The average Bonchev–Trinajstić information content (AvgIpc) is 2.23. The van der Waals surface area contributed by atoms with Gasteiger partial charge in [0.2, 0.25) is 0 Å². The van der Waals surface area contributed by atoms with Crippen LogP contribution < -0.4 is 0 Å². The van der Waals surface area contributed by atoms with E-state index >= 15 is 0 Å². The molecule has 0 saturated carbocycles. The highest BCUT2D eigenvalue weighted by Crippen LogP contribution is 2.20.